The number of hydrogen-bond donors (Lipinski definition) is 1. The second-order valence-corrected chi connectivity index (χ2v) is 3.74. The van der Waals surface area contributed by atoms with Crippen LogP contribution in [0.15, 0.2) is 28.9 Å². The zero-order valence-corrected chi connectivity index (χ0v) is 8.78. The second kappa shape index (κ2) is 3.59. The Morgan fingerprint density at radius 1 is 1.47 bits per heavy atom. The Labute approximate surface area is 91.3 Å². The van der Waals surface area contributed by atoms with Crippen molar-refractivity contribution in [3.05, 3.63) is 35.0 Å². The topological polar surface area (TPSA) is 50.4 Å². The van der Waals surface area contributed by atoms with E-state index >= 15 is 0 Å². The molecular weight excluding hydrogens is 216 g/mol. The van der Waals surface area contributed by atoms with Gasteiger partial charge in [-0.2, -0.15) is 0 Å². The highest BCUT2D eigenvalue weighted by atomic mass is 35.5. The molecule has 2 rings (SSSR count). The highest BCUT2D eigenvalue weighted by Gasteiger charge is 2.18. The van der Waals surface area contributed by atoms with E-state index < -0.39 is 11.9 Å². The van der Waals surface area contributed by atoms with Crippen LogP contribution in [-0.4, -0.2) is 11.1 Å². The summed E-state index contributed by atoms with van der Waals surface area (Å²) in [6.45, 7) is 1.61. The van der Waals surface area contributed by atoms with E-state index in [2.05, 4.69) is 0 Å². The van der Waals surface area contributed by atoms with Crippen LogP contribution in [0.2, 0.25) is 5.02 Å². The molecule has 0 aliphatic rings. The first-order valence-corrected chi connectivity index (χ1v) is 4.87. The van der Waals surface area contributed by atoms with Crippen molar-refractivity contribution in [2.75, 3.05) is 0 Å². The van der Waals surface area contributed by atoms with Gasteiger partial charge in [0, 0.05) is 5.39 Å². The van der Waals surface area contributed by atoms with Crippen molar-refractivity contribution in [1.82, 2.24) is 0 Å². The van der Waals surface area contributed by atoms with Crippen molar-refractivity contribution in [2.45, 2.75) is 12.8 Å². The number of fused-ring (bicyclic) bond motifs is 1. The van der Waals surface area contributed by atoms with Crippen LogP contribution in [0.1, 0.15) is 18.4 Å². The molecule has 0 aliphatic heterocycles. The Hall–Kier alpha value is -1.48. The summed E-state index contributed by atoms with van der Waals surface area (Å²) in [5.74, 6) is -1.50. The predicted octanol–water partition coefficient (Wildman–Crippen LogP) is 3.27. The number of carbonyl (C=O) groups is 1. The number of benzene rings is 1. The van der Waals surface area contributed by atoms with E-state index in [4.69, 9.17) is 21.1 Å². The van der Waals surface area contributed by atoms with Crippen molar-refractivity contribution in [1.29, 1.82) is 0 Å². The van der Waals surface area contributed by atoms with E-state index in [0.29, 0.717) is 16.2 Å². The van der Waals surface area contributed by atoms with Gasteiger partial charge in [0.2, 0.25) is 0 Å². The summed E-state index contributed by atoms with van der Waals surface area (Å²) in [4.78, 5) is 10.8. The van der Waals surface area contributed by atoms with Gasteiger partial charge in [-0.1, -0.05) is 17.7 Å². The quantitative estimate of drug-likeness (QED) is 0.852. The minimum atomic E-state index is -0.889. The van der Waals surface area contributed by atoms with Crippen molar-refractivity contribution >= 4 is 28.5 Å². The first kappa shape index (κ1) is 10.1. The van der Waals surface area contributed by atoms with Gasteiger partial charge in [0.15, 0.2) is 0 Å². The molecule has 1 atom stereocenters. The molecule has 0 fully saturated rings. The molecule has 1 aromatic carbocycles. The molecule has 3 nitrogen and oxygen atoms in total. The maximum Gasteiger partial charge on any atom is 0.310 e. The minimum Gasteiger partial charge on any atom is -0.481 e. The van der Waals surface area contributed by atoms with Crippen LogP contribution in [0.3, 0.4) is 0 Å². The van der Waals surface area contributed by atoms with Crippen LogP contribution >= 0.6 is 11.6 Å². The summed E-state index contributed by atoms with van der Waals surface area (Å²) in [6.07, 6.45) is 1.53. The molecule has 0 saturated heterocycles. The SMILES string of the molecule is CC(C(=O)O)c1ccc2occc2c1Cl. The number of rotatable bonds is 2. The fraction of sp³-hybridized carbons (Fsp3) is 0.182. The number of carboxylic acids is 1. The Kier molecular flexibility index (Phi) is 2.40. The number of halogens is 1. The van der Waals surface area contributed by atoms with Crippen LogP contribution < -0.4 is 0 Å². The Bertz CT molecular complexity index is 516. The largest absolute Gasteiger partial charge is 0.481 e. The predicted molar refractivity (Wildman–Crippen MR) is 57.3 cm³/mol. The third kappa shape index (κ3) is 1.59. The Morgan fingerprint density at radius 2 is 2.20 bits per heavy atom. The summed E-state index contributed by atoms with van der Waals surface area (Å²) in [6, 6.07) is 5.15. The molecule has 0 radical (unpaired) electrons. The molecule has 78 valence electrons. The zero-order valence-electron chi connectivity index (χ0n) is 8.03. The average molecular weight is 225 g/mol. The summed E-state index contributed by atoms with van der Waals surface area (Å²) in [5, 5.41) is 10.1. The van der Waals surface area contributed by atoms with Gasteiger partial charge in [-0.15, -0.1) is 0 Å². The van der Waals surface area contributed by atoms with Crippen LogP contribution in [0.25, 0.3) is 11.0 Å². The summed E-state index contributed by atoms with van der Waals surface area (Å²) >= 11 is 6.10. The normalized spacial score (nSPS) is 12.9. The van der Waals surface area contributed by atoms with Gasteiger partial charge in [0.25, 0.3) is 0 Å². The maximum absolute atomic E-state index is 10.8. The molecule has 0 saturated carbocycles. The molecule has 0 bridgehead atoms. The fourth-order valence-corrected chi connectivity index (χ4v) is 1.88. The van der Waals surface area contributed by atoms with E-state index in [0.717, 1.165) is 5.39 Å². The van der Waals surface area contributed by atoms with Gasteiger partial charge in [0.05, 0.1) is 17.2 Å². The lowest BCUT2D eigenvalue weighted by Gasteiger charge is -2.08. The zero-order chi connectivity index (χ0) is 11.0. The van der Waals surface area contributed by atoms with Gasteiger partial charge in [-0.05, 0) is 24.6 Å². The molecule has 4 heteroatoms. The maximum atomic E-state index is 10.8. The summed E-state index contributed by atoms with van der Waals surface area (Å²) in [7, 11) is 0. The molecule has 0 spiro atoms. The van der Waals surface area contributed by atoms with E-state index in [1.807, 2.05) is 0 Å². The monoisotopic (exact) mass is 224 g/mol. The smallest absolute Gasteiger partial charge is 0.310 e. The van der Waals surface area contributed by atoms with Gasteiger partial charge in [-0.25, -0.2) is 0 Å². The number of hydrogen-bond acceptors (Lipinski definition) is 2. The lowest BCUT2D eigenvalue weighted by molar-refractivity contribution is -0.138. The van der Waals surface area contributed by atoms with E-state index in [1.165, 1.54) is 6.26 Å². The fourth-order valence-electron chi connectivity index (χ4n) is 1.49. The standard InChI is InChI=1S/C11H9ClO3/c1-6(11(13)14)7-2-3-9-8(10(7)12)4-5-15-9/h2-6H,1H3,(H,13,14). The molecule has 1 unspecified atom stereocenters. The number of carboxylic acid groups (broad SMARTS) is 1. The highest BCUT2D eigenvalue weighted by Crippen LogP contribution is 2.32. The molecule has 2 aromatic rings. The van der Waals surface area contributed by atoms with Crippen LogP contribution in [0, 0.1) is 0 Å². The third-order valence-electron chi connectivity index (χ3n) is 2.44. The van der Waals surface area contributed by atoms with E-state index in [9.17, 15) is 4.79 Å². The Balaban J connectivity index is 2.62. The molecule has 0 amide bonds. The molecule has 1 heterocycles. The summed E-state index contributed by atoms with van der Waals surface area (Å²) < 4.78 is 5.16. The molecular formula is C11H9ClO3. The highest BCUT2D eigenvalue weighted by molar-refractivity contribution is 6.36. The van der Waals surface area contributed by atoms with Crippen molar-refractivity contribution in [3.63, 3.8) is 0 Å². The van der Waals surface area contributed by atoms with Crippen molar-refractivity contribution in [2.24, 2.45) is 0 Å². The lowest BCUT2D eigenvalue weighted by Crippen LogP contribution is -2.07. The lowest BCUT2D eigenvalue weighted by atomic mass is 10.00. The molecule has 0 aliphatic carbocycles. The van der Waals surface area contributed by atoms with Crippen molar-refractivity contribution in [3.8, 4) is 0 Å². The van der Waals surface area contributed by atoms with E-state index in [-0.39, 0.29) is 0 Å². The first-order valence-electron chi connectivity index (χ1n) is 4.49. The molecule has 15 heavy (non-hydrogen) atoms. The first-order chi connectivity index (χ1) is 7.11. The second-order valence-electron chi connectivity index (χ2n) is 3.36. The Morgan fingerprint density at radius 3 is 2.87 bits per heavy atom. The molecule has 1 aromatic heterocycles. The molecule has 1 N–H and O–H groups in total. The van der Waals surface area contributed by atoms with Crippen LogP contribution in [-0.2, 0) is 4.79 Å². The van der Waals surface area contributed by atoms with Crippen LogP contribution in [0.5, 0.6) is 0 Å². The number of furan rings is 1. The van der Waals surface area contributed by atoms with Crippen molar-refractivity contribution < 1.29 is 14.3 Å². The van der Waals surface area contributed by atoms with Gasteiger partial charge in [0.1, 0.15) is 5.58 Å². The van der Waals surface area contributed by atoms with Crippen LogP contribution in [0.4, 0.5) is 0 Å². The summed E-state index contributed by atoms with van der Waals surface area (Å²) in [5.41, 5.74) is 1.28. The number of aliphatic carboxylic acids is 1. The van der Waals surface area contributed by atoms with Gasteiger partial charge < -0.3 is 9.52 Å². The third-order valence-corrected chi connectivity index (χ3v) is 2.86. The average Bonchev–Trinajstić information content (AvgIpc) is 2.66. The minimum absolute atomic E-state index is 0.455. The van der Waals surface area contributed by atoms with E-state index in [1.54, 1.807) is 25.1 Å². The van der Waals surface area contributed by atoms with Gasteiger partial charge in [-0.3, -0.25) is 4.79 Å². The van der Waals surface area contributed by atoms with Gasteiger partial charge >= 0.3 is 5.97 Å².